The van der Waals surface area contributed by atoms with Crippen LogP contribution in [0.15, 0.2) is 0 Å². The van der Waals surface area contributed by atoms with Gasteiger partial charge in [0.1, 0.15) is 0 Å². The molecule has 0 spiro atoms. The van der Waals surface area contributed by atoms with Crippen LogP contribution in [0.4, 0.5) is 0 Å². The molecule has 0 fully saturated rings. The van der Waals surface area contributed by atoms with Crippen LogP contribution < -0.4 is 5.73 Å². The predicted octanol–water partition coefficient (Wildman–Crippen LogP) is -1.80. The van der Waals surface area contributed by atoms with E-state index in [2.05, 4.69) is 9.05 Å². The van der Waals surface area contributed by atoms with Gasteiger partial charge in [0.2, 0.25) is 0 Å². The third kappa shape index (κ3) is 8.00. The molecule has 0 aromatic rings. The van der Waals surface area contributed by atoms with Gasteiger partial charge >= 0.3 is 15.6 Å². The number of hydrogen-bond donors (Lipinski definition) is 6. The first-order valence-electron chi connectivity index (χ1n) is 3.42. The molecule has 7 N–H and O–H groups in total. The lowest BCUT2D eigenvalue weighted by molar-refractivity contribution is -0.287. The van der Waals surface area contributed by atoms with E-state index in [1.807, 2.05) is 0 Å². The van der Waals surface area contributed by atoms with Crippen LogP contribution in [-0.4, -0.2) is 37.2 Å². The Hall–Kier alpha value is 0.140. The summed E-state index contributed by atoms with van der Waals surface area (Å²) in [7, 11) is -10.4. The van der Waals surface area contributed by atoms with Crippen molar-refractivity contribution in [2.45, 2.75) is 12.4 Å². The van der Waals surface area contributed by atoms with Crippen molar-refractivity contribution in [2.75, 3.05) is 6.54 Å². The first-order valence-corrected chi connectivity index (χ1v) is 6.48. The molecule has 0 aromatic heterocycles. The smallest absolute Gasteiger partial charge is 0.343 e. The van der Waals surface area contributed by atoms with Gasteiger partial charge in [0.25, 0.3) is 5.97 Å². The van der Waals surface area contributed by atoms with Gasteiger partial charge < -0.3 is 30.4 Å². The molecular weight excluding hydrogens is 256 g/mol. The fourth-order valence-corrected chi connectivity index (χ4v) is 1.72. The first-order chi connectivity index (χ1) is 6.47. The Morgan fingerprint density at radius 1 is 1.07 bits per heavy atom. The van der Waals surface area contributed by atoms with Crippen LogP contribution in [0.2, 0.25) is 0 Å². The third-order valence-corrected chi connectivity index (χ3v) is 2.03. The summed E-state index contributed by atoms with van der Waals surface area (Å²) in [5.41, 5.74) is 4.93. The van der Waals surface area contributed by atoms with Gasteiger partial charge in [0, 0.05) is 13.0 Å². The van der Waals surface area contributed by atoms with Crippen LogP contribution in [0.1, 0.15) is 6.42 Å². The quantitative estimate of drug-likeness (QED) is 0.237. The molecule has 0 saturated heterocycles. The summed E-state index contributed by atoms with van der Waals surface area (Å²) >= 11 is 0. The molecule has 0 amide bonds. The predicted molar refractivity (Wildman–Crippen MR) is 44.9 cm³/mol. The summed E-state index contributed by atoms with van der Waals surface area (Å²) in [6.07, 6.45) is -0.733. The van der Waals surface area contributed by atoms with Crippen LogP contribution in [0, 0.1) is 0 Å². The highest BCUT2D eigenvalue weighted by atomic mass is 31.2. The lowest BCUT2D eigenvalue weighted by Gasteiger charge is -2.26. The fraction of sp³-hybridized carbons (Fsp3) is 1.00. The van der Waals surface area contributed by atoms with E-state index in [0.717, 1.165) is 0 Å². The Morgan fingerprint density at radius 3 is 1.60 bits per heavy atom. The second kappa shape index (κ2) is 4.98. The normalized spacial score (nSPS) is 14.3. The summed E-state index contributed by atoms with van der Waals surface area (Å²) in [5.74, 6) is -3.13. The summed E-state index contributed by atoms with van der Waals surface area (Å²) in [6, 6.07) is 0. The molecule has 0 aliphatic carbocycles. The van der Waals surface area contributed by atoms with E-state index in [1.54, 1.807) is 0 Å². The van der Waals surface area contributed by atoms with Crippen LogP contribution in [0.25, 0.3) is 0 Å². The summed E-state index contributed by atoms with van der Waals surface area (Å²) in [4.78, 5) is 33.3. The monoisotopic (exact) mass is 267 g/mol. The number of nitrogens with two attached hydrogens (primary N) is 1. The zero-order valence-corrected chi connectivity index (χ0v) is 9.04. The minimum absolute atomic E-state index is 0.378. The average Bonchev–Trinajstić information content (AvgIpc) is 1.74. The maximum absolute atomic E-state index is 10.3. The molecule has 0 aliphatic rings. The van der Waals surface area contributed by atoms with Gasteiger partial charge in [0.05, 0.1) is 0 Å². The molecular formula is C3H11NO9P2. The van der Waals surface area contributed by atoms with Crippen molar-refractivity contribution < 1.29 is 42.9 Å². The van der Waals surface area contributed by atoms with Crippen molar-refractivity contribution in [1.82, 2.24) is 0 Å². The maximum Gasteiger partial charge on any atom is 0.473 e. The van der Waals surface area contributed by atoms with E-state index in [1.165, 1.54) is 0 Å². The van der Waals surface area contributed by atoms with Gasteiger partial charge in [-0.2, -0.15) is 0 Å². The maximum atomic E-state index is 10.3. The number of phosphoric ester groups is 2. The lowest BCUT2D eigenvalue weighted by atomic mass is 10.4. The Labute approximate surface area is 84.1 Å². The molecule has 0 heterocycles. The Balaban J connectivity index is 4.75. The number of hydrogen-bond acceptors (Lipinski definition) is 6. The van der Waals surface area contributed by atoms with E-state index in [4.69, 9.17) is 25.3 Å². The van der Waals surface area contributed by atoms with E-state index >= 15 is 0 Å². The molecule has 10 nitrogen and oxygen atoms in total. The highest BCUT2D eigenvalue weighted by molar-refractivity contribution is 7.47. The Kier molecular flexibility index (Phi) is 5.03. The lowest BCUT2D eigenvalue weighted by Crippen LogP contribution is -2.36. The molecule has 0 aromatic carbocycles. The van der Waals surface area contributed by atoms with Gasteiger partial charge in [-0.25, -0.2) is 18.2 Å². The van der Waals surface area contributed by atoms with Crippen LogP contribution >= 0.6 is 15.6 Å². The van der Waals surface area contributed by atoms with Crippen molar-refractivity contribution in [1.29, 1.82) is 0 Å². The van der Waals surface area contributed by atoms with Crippen molar-refractivity contribution >= 4 is 15.6 Å². The zero-order valence-electron chi connectivity index (χ0n) is 7.26. The van der Waals surface area contributed by atoms with Crippen molar-refractivity contribution in [2.24, 2.45) is 5.73 Å². The molecule has 0 rings (SSSR count). The summed E-state index contributed by atoms with van der Waals surface area (Å²) in [6.45, 7) is -0.378. The second-order valence-electron chi connectivity index (χ2n) is 2.42. The topological polar surface area (TPSA) is 180 Å². The van der Waals surface area contributed by atoms with Gasteiger partial charge in [-0.1, -0.05) is 0 Å². The molecule has 0 aliphatic heterocycles. The standard InChI is InChI=1S/C3H11NO9P2/c4-2-1-3(5,12-14(6,7)8)13-15(9,10)11/h5H,1-2,4H2,(H2,6,7,8)(H2,9,10,11). The Bertz CT molecular complexity index is 268. The Morgan fingerprint density at radius 2 is 1.40 bits per heavy atom. The largest absolute Gasteiger partial charge is 0.473 e. The summed E-state index contributed by atoms with van der Waals surface area (Å²) < 4.78 is 28.0. The van der Waals surface area contributed by atoms with Gasteiger partial charge in [-0.05, 0) is 0 Å². The van der Waals surface area contributed by atoms with Crippen molar-refractivity contribution in [3.63, 3.8) is 0 Å². The number of rotatable bonds is 6. The van der Waals surface area contributed by atoms with E-state index in [-0.39, 0.29) is 6.54 Å². The molecule has 15 heavy (non-hydrogen) atoms. The fourth-order valence-electron chi connectivity index (χ4n) is 0.662. The molecule has 92 valence electrons. The minimum Gasteiger partial charge on any atom is -0.343 e. The highest BCUT2D eigenvalue weighted by Crippen LogP contribution is 2.48. The van der Waals surface area contributed by atoms with Crippen LogP contribution in [0.5, 0.6) is 0 Å². The molecule has 0 unspecified atom stereocenters. The van der Waals surface area contributed by atoms with Gasteiger partial charge in [-0.3, -0.25) is 0 Å². The van der Waals surface area contributed by atoms with Crippen LogP contribution in [0.3, 0.4) is 0 Å². The molecule has 0 atom stereocenters. The highest BCUT2D eigenvalue weighted by Gasteiger charge is 2.42. The van der Waals surface area contributed by atoms with Crippen molar-refractivity contribution in [3.8, 4) is 0 Å². The SMILES string of the molecule is NCCC(O)(OP(=O)(O)O)OP(=O)(O)O. The van der Waals surface area contributed by atoms with E-state index in [0.29, 0.717) is 0 Å². The number of phosphoric acid groups is 2. The average molecular weight is 267 g/mol. The number of aliphatic hydroxyl groups is 1. The molecule has 0 bridgehead atoms. The first kappa shape index (κ1) is 15.1. The minimum atomic E-state index is -5.18. The third-order valence-electron chi connectivity index (χ3n) is 0.983. The molecule has 0 radical (unpaired) electrons. The summed E-state index contributed by atoms with van der Waals surface area (Å²) in [5, 5.41) is 9.17. The van der Waals surface area contributed by atoms with E-state index in [9.17, 15) is 14.2 Å². The van der Waals surface area contributed by atoms with Crippen molar-refractivity contribution in [3.05, 3.63) is 0 Å². The molecule has 12 heteroatoms. The van der Waals surface area contributed by atoms with Gasteiger partial charge in [0.15, 0.2) is 0 Å². The van der Waals surface area contributed by atoms with E-state index < -0.39 is 28.0 Å². The second-order valence-corrected chi connectivity index (χ2v) is 4.74. The van der Waals surface area contributed by atoms with Crippen LogP contribution in [-0.2, 0) is 18.2 Å². The molecule has 0 saturated carbocycles. The van der Waals surface area contributed by atoms with Gasteiger partial charge in [-0.15, -0.1) is 0 Å². The zero-order chi connectivity index (χ0) is 12.3.